The van der Waals surface area contributed by atoms with Gasteiger partial charge in [0.1, 0.15) is 0 Å². The molecule has 7 atom stereocenters. The fourth-order valence-electron chi connectivity index (χ4n) is 7.27. The Kier molecular flexibility index (Phi) is 3.34. The third kappa shape index (κ3) is 1.90. The van der Waals surface area contributed by atoms with Gasteiger partial charge in [-0.1, -0.05) is 42.6 Å². The molecule has 1 heteroatoms. The Balaban J connectivity index is 1.64. The lowest BCUT2D eigenvalue weighted by Crippen LogP contribution is -2.51. The van der Waals surface area contributed by atoms with Crippen LogP contribution >= 0.6 is 15.9 Å². The number of hydrogen-bond donors (Lipinski definition) is 0. The average molecular weight is 339 g/mol. The number of fused-ring (bicyclic) bond motifs is 5. The van der Waals surface area contributed by atoms with Crippen LogP contribution in [0, 0.1) is 34.5 Å². The number of halogens is 1. The maximum atomic E-state index is 3.96. The molecule has 0 heterocycles. The summed E-state index contributed by atoms with van der Waals surface area (Å²) in [6.45, 7) is 5.31. The monoisotopic (exact) mass is 338 g/mol. The summed E-state index contributed by atoms with van der Waals surface area (Å²) in [7, 11) is 0. The first-order valence-corrected chi connectivity index (χ1v) is 10.1. The maximum absolute atomic E-state index is 3.96. The van der Waals surface area contributed by atoms with Gasteiger partial charge in [0.15, 0.2) is 0 Å². The van der Waals surface area contributed by atoms with Gasteiger partial charge in [0, 0.05) is 4.83 Å². The first-order chi connectivity index (χ1) is 9.53. The molecule has 0 spiro atoms. The smallest absolute Gasteiger partial charge is 0.0154 e. The van der Waals surface area contributed by atoms with Crippen molar-refractivity contribution >= 4 is 15.9 Å². The standard InChI is InChI=1S/C19H31Br/c1-18-10-8-16-15(17(18)11-14(20)12-18)7-6-13-5-3-4-9-19(13,16)2/h13-17H,3-12H2,1-2H3/t13?,14?,15-,16-,17+,18-,19+/m1/s1. The van der Waals surface area contributed by atoms with Crippen molar-refractivity contribution in [3.8, 4) is 0 Å². The highest BCUT2D eigenvalue weighted by Gasteiger charge is 2.58. The van der Waals surface area contributed by atoms with Gasteiger partial charge in [-0.3, -0.25) is 0 Å². The summed E-state index contributed by atoms with van der Waals surface area (Å²) in [6, 6.07) is 0. The Morgan fingerprint density at radius 2 is 1.75 bits per heavy atom. The predicted octanol–water partition coefficient (Wildman–Crippen LogP) is 6.18. The molecule has 0 amide bonds. The highest BCUT2D eigenvalue weighted by Crippen LogP contribution is 2.66. The van der Waals surface area contributed by atoms with Crippen molar-refractivity contribution < 1.29 is 0 Å². The molecule has 114 valence electrons. The number of rotatable bonds is 0. The molecular weight excluding hydrogens is 308 g/mol. The molecule has 4 aliphatic rings. The van der Waals surface area contributed by atoms with E-state index in [-0.39, 0.29) is 0 Å². The molecule has 0 aromatic rings. The normalized spacial score (nSPS) is 58.6. The summed E-state index contributed by atoms with van der Waals surface area (Å²) in [5.74, 6) is 4.24. The molecule has 2 unspecified atom stereocenters. The molecule has 20 heavy (non-hydrogen) atoms. The van der Waals surface area contributed by atoms with E-state index in [2.05, 4.69) is 29.8 Å². The average Bonchev–Trinajstić information content (AvgIpc) is 2.72. The van der Waals surface area contributed by atoms with Crippen LogP contribution < -0.4 is 0 Å². The minimum atomic E-state index is 0.674. The van der Waals surface area contributed by atoms with Crippen LogP contribution in [0.4, 0.5) is 0 Å². The van der Waals surface area contributed by atoms with E-state index < -0.39 is 0 Å². The molecule has 4 fully saturated rings. The summed E-state index contributed by atoms with van der Waals surface area (Å²) in [6.07, 6.45) is 15.2. The lowest BCUT2D eigenvalue weighted by atomic mass is 9.45. The minimum Gasteiger partial charge on any atom is -0.0890 e. The van der Waals surface area contributed by atoms with E-state index in [1.165, 1.54) is 32.1 Å². The zero-order valence-electron chi connectivity index (χ0n) is 13.3. The fraction of sp³-hybridized carbons (Fsp3) is 1.00. The molecule has 0 saturated heterocycles. The van der Waals surface area contributed by atoms with Gasteiger partial charge < -0.3 is 0 Å². The highest BCUT2D eigenvalue weighted by molar-refractivity contribution is 9.09. The molecule has 0 aliphatic heterocycles. The first kappa shape index (κ1) is 14.1. The van der Waals surface area contributed by atoms with Crippen LogP contribution in [0.1, 0.15) is 78.1 Å². The van der Waals surface area contributed by atoms with E-state index in [1.54, 1.807) is 32.1 Å². The largest absolute Gasteiger partial charge is 0.0890 e. The first-order valence-electron chi connectivity index (χ1n) is 9.17. The van der Waals surface area contributed by atoms with E-state index in [0.29, 0.717) is 10.8 Å². The van der Waals surface area contributed by atoms with Crippen molar-refractivity contribution in [2.24, 2.45) is 34.5 Å². The Hall–Kier alpha value is 0.480. The van der Waals surface area contributed by atoms with Gasteiger partial charge in [0.25, 0.3) is 0 Å². The second-order valence-electron chi connectivity index (χ2n) is 9.13. The third-order valence-electron chi connectivity index (χ3n) is 8.30. The molecule has 4 aliphatic carbocycles. The summed E-state index contributed by atoms with van der Waals surface area (Å²) in [4.78, 5) is 0.813. The van der Waals surface area contributed by atoms with Crippen molar-refractivity contribution in [1.29, 1.82) is 0 Å². The molecule has 4 saturated carbocycles. The molecule has 0 aromatic carbocycles. The minimum absolute atomic E-state index is 0.674. The van der Waals surface area contributed by atoms with Gasteiger partial charge >= 0.3 is 0 Å². The molecule has 0 bridgehead atoms. The van der Waals surface area contributed by atoms with Gasteiger partial charge in [-0.25, -0.2) is 0 Å². The SMILES string of the molecule is C[C@]12CC[C@@H]3[C@@H](CCC4CCCC[C@@]43C)[C@@H]1CC(Br)C2. The summed E-state index contributed by atoms with van der Waals surface area (Å²) < 4.78 is 0. The Morgan fingerprint density at radius 3 is 2.60 bits per heavy atom. The van der Waals surface area contributed by atoms with Crippen molar-refractivity contribution in [2.45, 2.75) is 82.9 Å². The van der Waals surface area contributed by atoms with Crippen molar-refractivity contribution in [3.63, 3.8) is 0 Å². The Morgan fingerprint density at radius 1 is 0.900 bits per heavy atom. The van der Waals surface area contributed by atoms with E-state index in [1.807, 2.05) is 0 Å². The van der Waals surface area contributed by atoms with Crippen LogP contribution in [0.3, 0.4) is 0 Å². The summed E-state index contributed by atoms with van der Waals surface area (Å²) >= 11 is 3.96. The van der Waals surface area contributed by atoms with Crippen LogP contribution in [0.15, 0.2) is 0 Å². The quantitative estimate of drug-likeness (QED) is 0.462. The molecule has 0 N–H and O–H groups in total. The van der Waals surface area contributed by atoms with Gasteiger partial charge in [0.2, 0.25) is 0 Å². The molecule has 0 nitrogen and oxygen atoms in total. The lowest BCUT2D eigenvalue weighted by Gasteiger charge is -2.60. The number of hydrogen-bond acceptors (Lipinski definition) is 0. The lowest BCUT2D eigenvalue weighted by molar-refractivity contribution is -0.103. The maximum Gasteiger partial charge on any atom is 0.0154 e. The van der Waals surface area contributed by atoms with Crippen LogP contribution in [0.5, 0.6) is 0 Å². The summed E-state index contributed by atoms with van der Waals surface area (Å²) in [5.41, 5.74) is 1.39. The Bertz CT molecular complexity index is 391. The van der Waals surface area contributed by atoms with E-state index in [0.717, 1.165) is 28.5 Å². The molecule has 0 aromatic heterocycles. The molecule has 0 radical (unpaired) electrons. The second-order valence-corrected chi connectivity index (χ2v) is 10.4. The van der Waals surface area contributed by atoms with Gasteiger partial charge in [-0.15, -0.1) is 0 Å². The number of alkyl halides is 1. The van der Waals surface area contributed by atoms with Crippen LogP contribution in [0.2, 0.25) is 0 Å². The van der Waals surface area contributed by atoms with Crippen molar-refractivity contribution in [2.75, 3.05) is 0 Å². The fourth-order valence-corrected chi connectivity index (χ4v) is 8.41. The van der Waals surface area contributed by atoms with Crippen molar-refractivity contribution in [1.82, 2.24) is 0 Å². The highest BCUT2D eigenvalue weighted by atomic mass is 79.9. The van der Waals surface area contributed by atoms with Gasteiger partial charge in [0.05, 0.1) is 0 Å². The molecule has 4 rings (SSSR count). The van der Waals surface area contributed by atoms with Crippen LogP contribution in [-0.4, -0.2) is 4.83 Å². The summed E-state index contributed by atoms with van der Waals surface area (Å²) in [5, 5.41) is 0. The van der Waals surface area contributed by atoms with E-state index >= 15 is 0 Å². The van der Waals surface area contributed by atoms with E-state index in [9.17, 15) is 0 Å². The third-order valence-corrected chi connectivity index (χ3v) is 9.00. The van der Waals surface area contributed by atoms with E-state index in [4.69, 9.17) is 0 Å². The second kappa shape index (κ2) is 4.74. The van der Waals surface area contributed by atoms with Gasteiger partial charge in [-0.05, 0) is 85.9 Å². The van der Waals surface area contributed by atoms with Gasteiger partial charge in [-0.2, -0.15) is 0 Å². The zero-order chi connectivity index (χ0) is 14.0. The predicted molar refractivity (Wildman–Crippen MR) is 89.1 cm³/mol. The van der Waals surface area contributed by atoms with Crippen molar-refractivity contribution in [3.05, 3.63) is 0 Å². The Labute approximate surface area is 133 Å². The van der Waals surface area contributed by atoms with Crippen LogP contribution in [0.25, 0.3) is 0 Å². The zero-order valence-corrected chi connectivity index (χ0v) is 14.9. The molecular formula is C19H31Br. The van der Waals surface area contributed by atoms with Crippen LogP contribution in [-0.2, 0) is 0 Å². The topological polar surface area (TPSA) is 0 Å².